The topological polar surface area (TPSA) is 63.8 Å². The summed E-state index contributed by atoms with van der Waals surface area (Å²) in [6, 6.07) is 12.9. The molecule has 4 aromatic rings. The van der Waals surface area contributed by atoms with Crippen LogP contribution in [0, 0.1) is 19.7 Å². The van der Waals surface area contributed by atoms with E-state index in [2.05, 4.69) is 20.4 Å². The molecule has 0 unspecified atom stereocenters. The Balaban J connectivity index is 1.46. The second-order valence-corrected chi connectivity index (χ2v) is 7.06. The first-order valence-corrected chi connectivity index (χ1v) is 9.32. The zero-order valence-electron chi connectivity index (χ0n) is 14.9. The molecule has 0 aliphatic heterocycles. The van der Waals surface area contributed by atoms with E-state index in [0.29, 0.717) is 29.4 Å². The molecular formula is C20H17FN4OS. The van der Waals surface area contributed by atoms with Crippen molar-refractivity contribution >= 4 is 17.0 Å². The maximum atomic E-state index is 13.7. The molecule has 0 radical (unpaired) electrons. The standard InChI is InChI=1S/C20H17FN4OS/c1-12-6-7-14(9-17(12)21)19-24-18(26-25-19)10-22-16-5-3-4-15(8-16)20-23-13(2)11-27-20/h3-9,11,22H,10H2,1-2H3. The highest BCUT2D eigenvalue weighted by Crippen LogP contribution is 2.26. The minimum Gasteiger partial charge on any atom is -0.376 e. The molecule has 2 aromatic heterocycles. The van der Waals surface area contributed by atoms with Crippen LogP contribution < -0.4 is 5.32 Å². The van der Waals surface area contributed by atoms with Crippen LogP contribution in [0.4, 0.5) is 10.1 Å². The minimum absolute atomic E-state index is 0.286. The molecule has 0 aliphatic rings. The van der Waals surface area contributed by atoms with E-state index in [1.807, 2.05) is 36.6 Å². The van der Waals surface area contributed by atoms with Gasteiger partial charge >= 0.3 is 0 Å². The summed E-state index contributed by atoms with van der Waals surface area (Å²) in [5, 5.41) is 10.2. The van der Waals surface area contributed by atoms with Crippen LogP contribution in [0.2, 0.25) is 0 Å². The number of rotatable bonds is 5. The molecule has 0 aliphatic carbocycles. The Morgan fingerprint density at radius 3 is 2.74 bits per heavy atom. The molecule has 0 bridgehead atoms. The van der Waals surface area contributed by atoms with Gasteiger partial charge in [0.1, 0.15) is 10.8 Å². The average molecular weight is 380 g/mol. The van der Waals surface area contributed by atoms with Gasteiger partial charge in [0, 0.05) is 27.9 Å². The Bertz CT molecular complexity index is 1090. The normalized spacial score (nSPS) is 10.9. The van der Waals surface area contributed by atoms with Gasteiger partial charge < -0.3 is 9.84 Å². The van der Waals surface area contributed by atoms with Gasteiger partial charge in [-0.3, -0.25) is 0 Å². The van der Waals surface area contributed by atoms with E-state index < -0.39 is 0 Å². The molecule has 0 fully saturated rings. The van der Waals surface area contributed by atoms with Gasteiger partial charge in [0.25, 0.3) is 0 Å². The van der Waals surface area contributed by atoms with Crippen molar-refractivity contribution in [2.75, 3.05) is 5.32 Å². The number of hydrogen-bond donors (Lipinski definition) is 1. The van der Waals surface area contributed by atoms with Crippen molar-refractivity contribution in [3.63, 3.8) is 0 Å². The fourth-order valence-corrected chi connectivity index (χ4v) is 3.40. The molecule has 2 aromatic carbocycles. The number of nitrogens with one attached hydrogen (secondary N) is 1. The highest BCUT2D eigenvalue weighted by atomic mass is 32.1. The molecular weight excluding hydrogens is 363 g/mol. The predicted molar refractivity (Wildman–Crippen MR) is 104 cm³/mol. The third-order valence-electron chi connectivity index (χ3n) is 4.07. The number of nitrogens with zero attached hydrogens (tertiary/aromatic N) is 3. The molecule has 27 heavy (non-hydrogen) atoms. The second kappa shape index (κ2) is 7.28. The highest BCUT2D eigenvalue weighted by Gasteiger charge is 2.11. The van der Waals surface area contributed by atoms with E-state index in [-0.39, 0.29) is 5.82 Å². The quantitative estimate of drug-likeness (QED) is 0.514. The van der Waals surface area contributed by atoms with Crippen molar-refractivity contribution < 1.29 is 8.91 Å². The van der Waals surface area contributed by atoms with Crippen molar-refractivity contribution in [1.82, 2.24) is 15.1 Å². The summed E-state index contributed by atoms with van der Waals surface area (Å²) in [6.45, 7) is 4.07. The number of thiazole rings is 1. The van der Waals surface area contributed by atoms with E-state index >= 15 is 0 Å². The Morgan fingerprint density at radius 2 is 1.96 bits per heavy atom. The summed E-state index contributed by atoms with van der Waals surface area (Å²) >= 11 is 1.62. The van der Waals surface area contributed by atoms with Gasteiger partial charge in [-0.25, -0.2) is 9.37 Å². The zero-order chi connectivity index (χ0) is 18.8. The highest BCUT2D eigenvalue weighted by molar-refractivity contribution is 7.13. The third kappa shape index (κ3) is 3.88. The SMILES string of the molecule is Cc1csc(-c2cccc(NCc3nc(-c4ccc(C)c(F)c4)no3)c2)n1. The van der Waals surface area contributed by atoms with Crippen LogP contribution in [0.3, 0.4) is 0 Å². The Morgan fingerprint density at radius 1 is 1.07 bits per heavy atom. The molecule has 1 N–H and O–H groups in total. The fourth-order valence-electron chi connectivity index (χ4n) is 2.60. The summed E-state index contributed by atoms with van der Waals surface area (Å²) < 4.78 is 19.0. The van der Waals surface area contributed by atoms with Crippen LogP contribution >= 0.6 is 11.3 Å². The van der Waals surface area contributed by atoms with Gasteiger partial charge in [-0.05, 0) is 37.6 Å². The second-order valence-electron chi connectivity index (χ2n) is 6.20. The number of aryl methyl sites for hydroxylation is 2. The molecule has 4 rings (SSSR count). The zero-order valence-corrected chi connectivity index (χ0v) is 15.7. The smallest absolute Gasteiger partial charge is 0.246 e. The molecule has 7 heteroatoms. The Hall–Kier alpha value is -3.06. The lowest BCUT2D eigenvalue weighted by Gasteiger charge is -2.05. The van der Waals surface area contributed by atoms with Crippen LogP contribution in [0.25, 0.3) is 22.0 Å². The molecule has 0 atom stereocenters. The largest absolute Gasteiger partial charge is 0.376 e. The average Bonchev–Trinajstić information content (AvgIpc) is 3.32. The monoisotopic (exact) mass is 380 g/mol. The maximum absolute atomic E-state index is 13.7. The molecule has 0 saturated carbocycles. The van der Waals surface area contributed by atoms with Crippen LogP contribution in [0.1, 0.15) is 17.1 Å². The predicted octanol–water partition coefficient (Wildman–Crippen LogP) is 5.23. The van der Waals surface area contributed by atoms with E-state index in [0.717, 1.165) is 22.0 Å². The molecule has 5 nitrogen and oxygen atoms in total. The van der Waals surface area contributed by atoms with Crippen molar-refractivity contribution in [3.05, 3.63) is 70.8 Å². The van der Waals surface area contributed by atoms with Crippen molar-refractivity contribution in [2.45, 2.75) is 20.4 Å². The Labute approximate surface area is 159 Å². The summed E-state index contributed by atoms with van der Waals surface area (Å²) in [6.07, 6.45) is 0. The molecule has 0 amide bonds. The third-order valence-corrected chi connectivity index (χ3v) is 5.08. The first-order chi connectivity index (χ1) is 13.1. The molecule has 0 spiro atoms. The summed E-state index contributed by atoms with van der Waals surface area (Å²) in [5.74, 6) is 0.519. The van der Waals surface area contributed by atoms with Gasteiger partial charge in [-0.1, -0.05) is 29.4 Å². The summed E-state index contributed by atoms with van der Waals surface area (Å²) in [5.41, 5.74) is 4.17. The van der Waals surface area contributed by atoms with Crippen molar-refractivity contribution in [1.29, 1.82) is 0 Å². The van der Waals surface area contributed by atoms with Gasteiger partial charge in [-0.15, -0.1) is 11.3 Å². The Kier molecular flexibility index (Phi) is 4.68. The van der Waals surface area contributed by atoms with Crippen molar-refractivity contribution in [3.8, 4) is 22.0 Å². The lowest BCUT2D eigenvalue weighted by molar-refractivity contribution is 0.384. The van der Waals surface area contributed by atoms with E-state index in [9.17, 15) is 4.39 Å². The van der Waals surface area contributed by atoms with Gasteiger partial charge in [0.2, 0.25) is 11.7 Å². The number of aromatic nitrogens is 3. The molecule has 136 valence electrons. The van der Waals surface area contributed by atoms with Crippen LogP contribution in [0.5, 0.6) is 0 Å². The number of benzene rings is 2. The minimum atomic E-state index is -0.286. The van der Waals surface area contributed by atoms with E-state index in [4.69, 9.17) is 4.52 Å². The van der Waals surface area contributed by atoms with Crippen LogP contribution in [-0.4, -0.2) is 15.1 Å². The van der Waals surface area contributed by atoms with Crippen LogP contribution in [-0.2, 0) is 6.54 Å². The lowest BCUT2D eigenvalue weighted by Crippen LogP contribution is -1.99. The van der Waals surface area contributed by atoms with E-state index in [1.165, 1.54) is 6.07 Å². The number of anilines is 1. The first-order valence-electron chi connectivity index (χ1n) is 8.44. The van der Waals surface area contributed by atoms with Crippen LogP contribution in [0.15, 0.2) is 52.4 Å². The van der Waals surface area contributed by atoms with E-state index in [1.54, 1.807) is 30.4 Å². The van der Waals surface area contributed by atoms with Gasteiger partial charge in [0.15, 0.2) is 0 Å². The molecule has 0 saturated heterocycles. The summed E-state index contributed by atoms with van der Waals surface area (Å²) in [4.78, 5) is 8.84. The maximum Gasteiger partial charge on any atom is 0.246 e. The summed E-state index contributed by atoms with van der Waals surface area (Å²) in [7, 11) is 0. The first kappa shape index (κ1) is 17.4. The molecule has 2 heterocycles. The van der Waals surface area contributed by atoms with Crippen molar-refractivity contribution in [2.24, 2.45) is 0 Å². The number of halogens is 1. The number of hydrogen-bond acceptors (Lipinski definition) is 6. The fraction of sp³-hybridized carbons (Fsp3) is 0.150. The lowest BCUT2D eigenvalue weighted by atomic mass is 10.1. The van der Waals surface area contributed by atoms with Gasteiger partial charge in [-0.2, -0.15) is 4.98 Å². The van der Waals surface area contributed by atoms with Gasteiger partial charge in [0.05, 0.1) is 6.54 Å².